The van der Waals surface area contributed by atoms with Crippen LogP contribution >= 0.6 is 11.3 Å². The summed E-state index contributed by atoms with van der Waals surface area (Å²) in [4.78, 5) is 11.9. The van der Waals surface area contributed by atoms with Crippen LogP contribution in [0.1, 0.15) is 21.5 Å². The molecule has 0 radical (unpaired) electrons. The molecule has 0 saturated carbocycles. The van der Waals surface area contributed by atoms with Gasteiger partial charge in [-0.15, -0.1) is 11.3 Å². The number of aryl methyl sites for hydroxylation is 1. The number of hydrogen-bond acceptors (Lipinski definition) is 3. The highest BCUT2D eigenvalue weighted by molar-refractivity contribution is 7.14. The van der Waals surface area contributed by atoms with Crippen LogP contribution in [0.15, 0.2) is 35.7 Å². The van der Waals surface area contributed by atoms with Crippen molar-refractivity contribution in [2.75, 3.05) is 5.73 Å². The lowest BCUT2D eigenvalue weighted by molar-refractivity contribution is 0.0951. The minimum absolute atomic E-state index is 0.106. The van der Waals surface area contributed by atoms with Gasteiger partial charge >= 0.3 is 0 Å². The van der Waals surface area contributed by atoms with Crippen LogP contribution in [0.4, 0.5) is 5.00 Å². The highest BCUT2D eigenvalue weighted by Gasteiger charge is 2.14. The van der Waals surface area contributed by atoms with Crippen molar-refractivity contribution in [3.05, 3.63) is 52.4 Å². The lowest BCUT2D eigenvalue weighted by atomic mass is 10.2. The maximum atomic E-state index is 11.9. The second-order valence-corrected chi connectivity index (χ2v) is 4.74. The number of carbonyl (C=O) groups excluding carboxylic acids is 1. The molecule has 0 saturated heterocycles. The fourth-order valence-electron chi connectivity index (χ4n) is 1.62. The zero-order valence-corrected chi connectivity index (χ0v) is 10.4. The van der Waals surface area contributed by atoms with Gasteiger partial charge in [0.15, 0.2) is 0 Å². The van der Waals surface area contributed by atoms with Crippen molar-refractivity contribution in [2.24, 2.45) is 0 Å². The zero-order chi connectivity index (χ0) is 12.3. The number of hydrogen-bond donors (Lipinski definition) is 2. The highest BCUT2D eigenvalue weighted by atomic mass is 32.1. The monoisotopic (exact) mass is 246 g/mol. The number of thiophene rings is 1. The molecule has 0 atom stereocenters. The molecule has 0 aliphatic rings. The molecule has 88 valence electrons. The molecule has 3 nitrogen and oxygen atoms in total. The van der Waals surface area contributed by atoms with Crippen molar-refractivity contribution in [2.45, 2.75) is 13.5 Å². The number of nitrogens with one attached hydrogen (secondary N) is 1. The van der Waals surface area contributed by atoms with Crippen LogP contribution < -0.4 is 11.1 Å². The second kappa shape index (κ2) is 5.01. The van der Waals surface area contributed by atoms with Crippen LogP contribution in [-0.2, 0) is 6.54 Å². The molecule has 4 heteroatoms. The first-order valence-electron chi connectivity index (χ1n) is 5.34. The standard InChI is InChI=1S/C13H14N2OS/c1-9-8-17-12(14)11(9)13(16)15-7-10-5-3-2-4-6-10/h2-6,8H,7,14H2,1H3,(H,15,16). The minimum atomic E-state index is -0.106. The molecule has 0 aliphatic carbocycles. The van der Waals surface area contributed by atoms with Crippen LogP contribution in [-0.4, -0.2) is 5.91 Å². The van der Waals surface area contributed by atoms with Crippen molar-refractivity contribution >= 4 is 22.2 Å². The molecular weight excluding hydrogens is 232 g/mol. The lowest BCUT2D eigenvalue weighted by Gasteiger charge is -2.05. The van der Waals surface area contributed by atoms with Gasteiger partial charge in [-0.2, -0.15) is 0 Å². The van der Waals surface area contributed by atoms with E-state index in [0.29, 0.717) is 17.1 Å². The highest BCUT2D eigenvalue weighted by Crippen LogP contribution is 2.24. The molecule has 1 aromatic carbocycles. The lowest BCUT2D eigenvalue weighted by Crippen LogP contribution is -2.23. The Labute approximate surface area is 104 Å². The van der Waals surface area contributed by atoms with E-state index in [1.54, 1.807) is 0 Å². The maximum absolute atomic E-state index is 11.9. The summed E-state index contributed by atoms with van der Waals surface area (Å²) in [5, 5.41) is 5.34. The van der Waals surface area contributed by atoms with Crippen molar-refractivity contribution in [1.29, 1.82) is 0 Å². The Morgan fingerprint density at radius 3 is 2.65 bits per heavy atom. The molecule has 0 aliphatic heterocycles. The molecule has 0 bridgehead atoms. The third kappa shape index (κ3) is 2.65. The van der Waals surface area contributed by atoms with E-state index < -0.39 is 0 Å². The second-order valence-electron chi connectivity index (χ2n) is 3.83. The SMILES string of the molecule is Cc1csc(N)c1C(=O)NCc1ccccc1. The molecule has 1 amide bonds. The third-order valence-corrected chi connectivity index (χ3v) is 3.46. The van der Waals surface area contributed by atoms with E-state index in [-0.39, 0.29) is 5.91 Å². The number of nitrogens with two attached hydrogens (primary N) is 1. The van der Waals surface area contributed by atoms with E-state index in [0.717, 1.165) is 11.1 Å². The van der Waals surface area contributed by atoms with E-state index >= 15 is 0 Å². The van der Waals surface area contributed by atoms with Gasteiger partial charge in [0.2, 0.25) is 0 Å². The van der Waals surface area contributed by atoms with Gasteiger partial charge in [-0.05, 0) is 23.4 Å². The first-order chi connectivity index (χ1) is 8.18. The van der Waals surface area contributed by atoms with Gasteiger partial charge in [0.1, 0.15) is 0 Å². The molecule has 0 unspecified atom stereocenters. The van der Waals surface area contributed by atoms with Gasteiger partial charge in [-0.1, -0.05) is 30.3 Å². The van der Waals surface area contributed by atoms with Crippen LogP contribution in [0.25, 0.3) is 0 Å². The predicted octanol–water partition coefficient (Wildman–Crippen LogP) is 2.57. The molecular formula is C13H14N2OS. The van der Waals surface area contributed by atoms with Gasteiger partial charge in [-0.3, -0.25) is 4.79 Å². The van der Waals surface area contributed by atoms with Crippen LogP contribution in [0, 0.1) is 6.92 Å². The summed E-state index contributed by atoms with van der Waals surface area (Å²) in [6.45, 7) is 2.42. The van der Waals surface area contributed by atoms with Crippen molar-refractivity contribution < 1.29 is 4.79 Å². The summed E-state index contributed by atoms with van der Waals surface area (Å²) in [7, 11) is 0. The predicted molar refractivity (Wildman–Crippen MR) is 71.1 cm³/mol. The fourth-order valence-corrected chi connectivity index (χ4v) is 2.41. The number of anilines is 1. The van der Waals surface area contributed by atoms with E-state index in [9.17, 15) is 4.79 Å². The van der Waals surface area contributed by atoms with Gasteiger partial charge in [0.05, 0.1) is 10.6 Å². The van der Waals surface area contributed by atoms with Crippen LogP contribution in [0.3, 0.4) is 0 Å². The Morgan fingerprint density at radius 2 is 2.06 bits per heavy atom. The van der Waals surface area contributed by atoms with Gasteiger partial charge < -0.3 is 11.1 Å². The van der Waals surface area contributed by atoms with E-state index in [4.69, 9.17) is 5.73 Å². The summed E-state index contributed by atoms with van der Waals surface area (Å²) >= 11 is 1.40. The molecule has 2 aromatic rings. The summed E-state index contributed by atoms with van der Waals surface area (Å²) in [5.74, 6) is -0.106. The third-order valence-electron chi connectivity index (χ3n) is 2.53. The molecule has 3 N–H and O–H groups in total. The smallest absolute Gasteiger partial charge is 0.254 e. The number of amides is 1. The largest absolute Gasteiger partial charge is 0.390 e. The maximum Gasteiger partial charge on any atom is 0.254 e. The number of nitrogen functional groups attached to an aromatic ring is 1. The molecule has 1 aromatic heterocycles. The van der Waals surface area contributed by atoms with Crippen molar-refractivity contribution in [3.8, 4) is 0 Å². The first-order valence-corrected chi connectivity index (χ1v) is 6.22. The number of carbonyl (C=O) groups is 1. The molecule has 1 heterocycles. The van der Waals surface area contributed by atoms with Gasteiger partial charge in [0, 0.05) is 6.54 Å². The molecule has 17 heavy (non-hydrogen) atoms. The fraction of sp³-hybridized carbons (Fsp3) is 0.154. The van der Waals surface area contributed by atoms with E-state index in [1.807, 2.05) is 42.6 Å². The number of benzene rings is 1. The summed E-state index contributed by atoms with van der Waals surface area (Å²) < 4.78 is 0. The first kappa shape index (κ1) is 11.7. The minimum Gasteiger partial charge on any atom is -0.390 e. The Kier molecular flexibility index (Phi) is 3.44. The molecule has 0 fully saturated rings. The van der Waals surface area contributed by atoms with Crippen LogP contribution in [0.2, 0.25) is 0 Å². The summed E-state index contributed by atoms with van der Waals surface area (Å²) in [6, 6.07) is 9.80. The normalized spacial score (nSPS) is 10.2. The molecule has 2 rings (SSSR count). The quantitative estimate of drug-likeness (QED) is 0.874. The zero-order valence-electron chi connectivity index (χ0n) is 9.57. The van der Waals surface area contributed by atoms with E-state index in [2.05, 4.69) is 5.32 Å². The summed E-state index contributed by atoms with van der Waals surface area (Å²) in [5.41, 5.74) is 8.38. The number of rotatable bonds is 3. The Hall–Kier alpha value is -1.81. The average Bonchev–Trinajstić information content (AvgIpc) is 2.67. The van der Waals surface area contributed by atoms with Crippen molar-refractivity contribution in [3.63, 3.8) is 0 Å². The Bertz CT molecular complexity index is 500. The Morgan fingerprint density at radius 1 is 1.35 bits per heavy atom. The molecule has 0 spiro atoms. The van der Waals surface area contributed by atoms with Crippen molar-refractivity contribution in [1.82, 2.24) is 5.32 Å². The van der Waals surface area contributed by atoms with Crippen LogP contribution in [0.5, 0.6) is 0 Å². The summed E-state index contributed by atoms with van der Waals surface area (Å²) in [6.07, 6.45) is 0. The van der Waals surface area contributed by atoms with E-state index in [1.165, 1.54) is 11.3 Å². The Balaban J connectivity index is 2.04. The van der Waals surface area contributed by atoms with Gasteiger partial charge in [-0.25, -0.2) is 0 Å². The topological polar surface area (TPSA) is 55.1 Å². The average molecular weight is 246 g/mol. The van der Waals surface area contributed by atoms with Gasteiger partial charge in [0.25, 0.3) is 5.91 Å².